The molecule has 0 spiro atoms. The van der Waals surface area contributed by atoms with Crippen LogP contribution in [0.25, 0.3) is 0 Å². The molecule has 0 bridgehead atoms. The van der Waals surface area contributed by atoms with Crippen LogP contribution in [0.15, 0.2) is 30.3 Å². The summed E-state index contributed by atoms with van der Waals surface area (Å²) in [4.78, 5) is 37.4. The molecule has 0 radical (unpaired) electrons. The SMILES string of the molecule is C[C@@]12CCC(=O)N1[C@@H](C(=O)OCC(=O)NCc1ccccc1)CS2. The number of nitrogens with one attached hydrogen (secondary N) is 1. The fourth-order valence-corrected chi connectivity index (χ4v) is 4.49. The van der Waals surface area contributed by atoms with Gasteiger partial charge in [0, 0.05) is 18.7 Å². The smallest absolute Gasteiger partial charge is 0.330 e. The summed E-state index contributed by atoms with van der Waals surface area (Å²) < 4.78 is 5.12. The molecular weight excluding hydrogens is 328 g/mol. The van der Waals surface area contributed by atoms with Gasteiger partial charge in [0.05, 0.1) is 4.87 Å². The number of fused-ring (bicyclic) bond motifs is 1. The van der Waals surface area contributed by atoms with E-state index in [-0.39, 0.29) is 23.3 Å². The average Bonchev–Trinajstić information content (AvgIpc) is 3.08. The van der Waals surface area contributed by atoms with Crippen molar-refractivity contribution in [3.63, 3.8) is 0 Å². The summed E-state index contributed by atoms with van der Waals surface area (Å²) in [7, 11) is 0. The first-order valence-electron chi connectivity index (χ1n) is 7.93. The van der Waals surface area contributed by atoms with Crippen molar-refractivity contribution in [1.82, 2.24) is 10.2 Å². The molecule has 0 aliphatic carbocycles. The van der Waals surface area contributed by atoms with Crippen LogP contribution in [0.4, 0.5) is 0 Å². The third-order valence-electron chi connectivity index (χ3n) is 4.39. The number of carbonyl (C=O) groups excluding carboxylic acids is 3. The van der Waals surface area contributed by atoms with Crippen LogP contribution in [0.3, 0.4) is 0 Å². The van der Waals surface area contributed by atoms with Gasteiger partial charge in [-0.2, -0.15) is 0 Å². The Hall–Kier alpha value is -2.02. The number of benzene rings is 1. The lowest BCUT2D eigenvalue weighted by Gasteiger charge is -2.29. The van der Waals surface area contributed by atoms with Crippen LogP contribution in [-0.2, 0) is 25.7 Å². The number of carbonyl (C=O) groups is 3. The van der Waals surface area contributed by atoms with Crippen molar-refractivity contribution in [3.8, 4) is 0 Å². The molecule has 2 aliphatic heterocycles. The lowest BCUT2D eigenvalue weighted by molar-refractivity contribution is -0.156. The molecular formula is C17H20N2O4S. The summed E-state index contributed by atoms with van der Waals surface area (Å²) in [6.07, 6.45) is 1.21. The molecule has 128 valence electrons. The van der Waals surface area contributed by atoms with Crippen molar-refractivity contribution in [2.75, 3.05) is 12.4 Å². The van der Waals surface area contributed by atoms with E-state index in [1.807, 2.05) is 37.3 Å². The van der Waals surface area contributed by atoms with Gasteiger partial charge in [0.25, 0.3) is 5.91 Å². The number of hydrogen-bond donors (Lipinski definition) is 1. The lowest BCUT2D eigenvalue weighted by Crippen LogP contribution is -2.47. The number of thioether (sulfide) groups is 1. The van der Waals surface area contributed by atoms with Crippen LogP contribution in [-0.4, -0.2) is 46.0 Å². The molecule has 1 aromatic rings. The fraction of sp³-hybridized carbons (Fsp3) is 0.471. The normalized spacial score (nSPS) is 25.5. The van der Waals surface area contributed by atoms with E-state index in [2.05, 4.69) is 5.32 Å². The number of hydrogen-bond acceptors (Lipinski definition) is 5. The predicted octanol–water partition coefficient (Wildman–Crippen LogP) is 1.30. The Kier molecular flexibility index (Phi) is 4.80. The van der Waals surface area contributed by atoms with E-state index in [0.717, 1.165) is 12.0 Å². The van der Waals surface area contributed by atoms with E-state index < -0.39 is 12.0 Å². The molecule has 2 saturated heterocycles. The van der Waals surface area contributed by atoms with Crippen LogP contribution < -0.4 is 5.32 Å². The highest BCUT2D eigenvalue weighted by atomic mass is 32.2. The molecule has 0 saturated carbocycles. The van der Waals surface area contributed by atoms with Crippen molar-refractivity contribution in [3.05, 3.63) is 35.9 Å². The minimum absolute atomic E-state index is 0.0158. The Labute approximate surface area is 144 Å². The third-order valence-corrected chi connectivity index (χ3v) is 5.90. The summed E-state index contributed by atoms with van der Waals surface area (Å²) in [5.41, 5.74) is 0.975. The Morgan fingerprint density at radius 1 is 1.38 bits per heavy atom. The van der Waals surface area contributed by atoms with Crippen LogP contribution in [0.1, 0.15) is 25.3 Å². The minimum Gasteiger partial charge on any atom is -0.454 e. The van der Waals surface area contributed by atoms with Crippen molar-refractivity contribution in [1.29, 1.82) is 0 Å². The summed E-state index contributed by atoms with van der Waals surface area (Å²) in [5.74, 6) is -0.352. The van der Waals surface area contributed by atoms with Gasteiger partial charge < -0.3 is 15.0 Å². The number of amides is 2. The van der Waals surface area contributed by atoms with Crippen molar-refractivity contribution >= 4 is 29.5 Å². The zero-order valence-electron chi connectivity index (χ0n) is 13.5. The topological polar surface area (TPSA) is 75.7 Å². The molecule has 2 atom stereocenters. The van der Waals surface area contributed by atoms with Gasteiger partial charge in [-0.3, -0.25) is 9.59 Å². The first-order valence-corrected chi connectivity index (χ1v) is 8.91. The van der Waals surface area contributed by atoms with Gasteiger partial charge in [-0.25, -0.2) is 4.79 Å². The summed E-state index contributed by atoms with van der Waals surface area (Å²) >= 11 is 1.60. The lowest BCUT2D eigenvalue weighted by atomic mass is 10.2. The molecule has 24 heavy (non-hydrogen) atoms. The first-order chi connectivity index (χ1) is 11.5. The van der Waals surface area contributed by atoms with E-state index >= 15 is 0 Å². The Balaban J connectivity index is 1.47. The van der Waals surface area contributed by atoms with Crippen LogP contribution >= 0.6 is 11.8 Å². The van der Waals surface area contributed by atoms with Gasteiger partial charge in [0.1, 0.15) is 6.04 Å². The second kappa shape index (κ2) is 6.84. The van der Waals surface area contributed by atoms with Gasteiger partial charge >= 0.3 is 5.97 Å². The van der Waals surface area contributed by atoms with E-state index in [1.165, 1.54) is 0 Å². The van der Waals surface area contributed by atoms with Gasteiger partial charge in [-0.1, -0.05) is 30.3 Å². The van der Waals surface area contributed by atoms with E-state index in [9.17, 15) is 14.4 Å². The van der Waals surface area contributed by atoms with Crippen LogP contribution in [0.2, 0.25) is 0 Å². The van der Waals surface area contributed by atoms with Gasteiger partial charge in [-0.15, -0.1) is 11.8 Å². The summed E-state index contributed by atoms with van der Waals surface area (Å²) in [6, 6.07) is 8.91. The van der Waals surface area contributed by atoms with Gasteiger partial charge in [0.15, 0.2) is 6.61 Å². The molecule has 2 heterocycles. The van der Waals surface area contributed by atoms with E-state index in [0.29, 0.717) is 18.7 Å². The summed E-state index contributed by atoms with van der Waals surface area (Å²) in [5, 5.41) is 2.71. The maximum atomic E-state index is 12.2. The second-order valence-corrected chi connectivity index (χ2v) is 7.64. The summed E-state index contributed by atoms with van der Waals surface area (Å²) in [6.45, 7) is 2.03. The second-order valence-electron chi connectivity index (χ2n) is 6.14. The molecule has 3 rings (SSSR count). The third kappa shape index (κ3) is 3.40. The monoisotopic (exact) mass is 348 g/mol. The van der Waals surface area contributed by atoms with Gasteiger partial charge in [-0.05, 0) is 18.9 Å². The molecule has 2 fully saturated rings. The predicted molar refractivity (Wildman–Crippen MR) is 90.0 cm³/mol. The maximum Gasteiger partial charge on any atom is 0.330 e. The Bertz CT molecular complexity index is 651. The molecule has 6 nitrogen and oxygen atoms in total. The molecule has 7 heteroatoms. The van der Waals surface area contributed by atoms with Gasteiger partial charge in [0.2, 0.25) is 5.91 Å². The Morgan fingerprint density at radius 3 is 2.88 bits per heavy atom. The molecule has 2 aliphatic rings. The van der Waals surface area contributed by atoms with Crippen molar-refractivity contribution in [2.24, 2.45) is 0 Å². The van der Waals surface area contributed by atoms with Crippen molar-refractivity contribution in [2.45, 2.75) is 37.2 Å². The molecule has 2 amide bonds. The Morgan fingerprint density at radius 2 is 2.12 bits per heavy atom. The quantitative estimate of drug-likeness (QED) is 0.812. The van der Waals surface area contributed by atoms with Crippen molar-refractivity contribution < 1.29 is 19.1 Å². The number of rotatable bonds is 5. The zero-order valence-corrected chi connectivity index (χ0v) is 14.3. The van der Waals surface area contributed by atoms with Crippen LogP contribution in [0.5, 0.6) is 0 Å². The number of esters is 1. The average molecular weight is 348 g/mol. The standard InChI is InChI=1S/C17H20N2O4S/c1-17-8-7-15(21)19(17)13(11-24-17)16(22)23-10-14(20)18-9-12-5-3-2-4-6-12/h2-6,13H,7-11H2,1H3,(H,18,20)/t13-,17-/m1/s1. The molecule has 1 N–H and O–H groups in total. The largest absolute Gasteiger partial charge is 0.454 e. The molecule has 1 aromatic carbocycles. The zero-order chi connectivity index (χ0) is 17.2. The highest BCUT2D eigenvalue weighted by molar-refractivity contribution is 8.01. The number of ether oxygens (including phenoxy) is 1. The van der Waals surface area contributed by atoms with Crippen LogP contribution in [0, 0.1) is 0 Å². The maximum absolute atomic E-state index is 12.2. The van der Waals surface area contributed by atoms with E-state index in [1.54, 1.807) is 16.7 Å². The molecule has 0 aromatic heterocycles. The number of nitrogens with zero attached hydrogens (tertiary/aromatic N) is 1. The minimum atomic E-state index is -0.586. The fourth-order valence-electron chi connectivity index (χ4n) is 3.08. The van der Waals surface area contributed by atoms with E-state index in [4.69, 9.17) is 4.74 Å². The first kappa shape index (κ1) is 16.8. The molecule has 0 unspecified atom stereocenters. The highest BCUT2D eigenvalue weighted by Gasteiger charge is 2.53. The highest BCUT2D eigenvalue weighted by Crippen LogP contribution is 2.47.